The van der Waals surface area contributed by atoms with E-state index in [0.29, 0.717) is 18.7 Å². The number of carbonyl (C=O) groups is 1. The lowest BCUT2D eigenvalue weighted by Crippen LogP contribution is -2.37. The Balaban J connectivity index is 1.49. The third-order valence-corrected chi connectivity index (χ3v) is 4.18. The van der Waals surface area contributed by atoms with Crippen LogP contribution in [0, 0.1) is 5.92 Å². The van der Waals surface area contributed by atoms with Crippen LogP contribution in [0.3, 0.4) is 0 Å². The maximum Gasteiger partial charge on any atom is 0.273 e. The molecule has 0 aromatic carbocycles. The maximum absolute atomic E-state index is 12.7. The zero-order valence-electron chi connectivity index (χ0n) is 11.3. The highest BCUT2D eigenvalue weighted by molar-refractivity contribution is 5.93. The molecule has 110 valence electrons. The van der Waals surface area contributed by atoms with Gasteiger partial charge in [-0.05, 0) is 31.6 Å². The topological polar surface area (TPSA) is 55.1 Å². The van der Waals surface area contributed by atoms with Crippen molar-refractivity contribution in [2.45, 2.75) is 50.9 Å². The van der Waals surface area contributed by atoms with Crippen LogP contribution in [0.1, 0.15) is 53.9 Å². The molecule has 0 atom stereocenters. The largest absolute Gasteiger partial charge is 0.360 e. The second-order valence-electron chi connectivity index (χ2n) is 5.81. The Labute approximate surface area is 115 Å². The molecule has 4 nitrogen and oxygen atoms in total. The van der Waals surface area contributed by atoms with Gasteiger partial charge in [0.15, 0.2) is 5.69 Å². The van der Waals surface area contributed by atoms with Crippen molar-refractivity contribution in [1.29, 1.82) is 0 Å². The highest BCUT2D eigenvalue weighted by Gasteiger charge is 2.44. The number of alkyl halides is 2. The van der Waals surface area contributed by atoms with Crippen LogP contribution in [0.5, 0.6) is 0 Å². The lowest BCUT2D eigenvalue weighted by atomic mass is 9.79. The van der Waals surface area contributed by atoms with Crippen LogP contribution >= 0.6 is 0 Å². The molecule has 0 unspecified atom stereocenters. The van der Waals surface area contributed by atoms with Crippen LogP contribution < -0.4 is 5.32 Å². The van der Waals surface area contributed by atoms with E-state index in [0.717, 1.165) is 37.0 Å². The Morgan fingerprint density at radius 2 is 2.10 bits per heavy atom. The first-order valence-corrected chi connectivity index (χ1v) is 7.18. The summed E-state index contributed by atoms with van der Waals surface area (Å²) in [6.07, 6.45) is 4.28. The molecule has 1 heterocycles. The predicted octanol–water partition coefficient (Wildman–Crippen LogP) is 2.72. The number of hydrogen-bond donors (Lipinski definition) is 1. The van der Waals surface area contributed by atoms with Crippen molar-refractivity contribution in [3.05, 3.63) is 17.0 Å². The molecule has 1 N–H and O–H groups in total. The van der Waals surface area contributed by atoms with Crippen LogP contribution in [0.15, 0.2) is 4.52 Å². The second-order valence-corrected chi connectivity index (χ2v) is 5.81. The van der Waals surface area contributed by atoms with E-state index in [4.69, 9.17) is 4.52 Å². The smallest absolute Gasteiger partial charge is 0.273 e. The molecule has 0 saturated heterocycles. The Morgan fingerprint density at radius 3 is 2.85 bits per heavy atom. The lowest BCUT2D eigenvalue weighted by molar-refractivity contribution is -0.111. The average molecular weight is 284 g/mol. The zero-order chi connectivity index (χ0) is 14.2. The molecule has 0 aliphatic heterocycles. The number of rotatable bonds is 4. The lowest BCUT2D eigenvalue weighted by Gasteiger charge is -2.34. The van der Waals surface area contributed by atoms with Crippen molar-refractivity contribution >= 4 is 5.91 Å². The fraction of sp³-hybridized carbons (Fsp3) is 0.714. The molecule has 6 heteroatoms. The van der Waals surface area contributed by atoms with E-state index in [1.807, 2.05) is 0 Å². The standard InChI is InChI=1S/C14H18F2N2O2/c15-14(16)7-9(8-14)5-6-17-13(19)12-10-3-1-2-4-11(10)20-18-12/h9H,1-8H2,(H,17,19). The minimum absolute atomic E-state index is 0.0246. The highest BCUT2D eigenvalue weighted by Crippen LogP contribution is 2.43. The number of carbonyl (C=O) groups excluding carboxylic acids is 1. The van der Waals surface area contributed by atoms with Gasteiger partial charge < -0.3 is 9.84 Å². The van der Waals surface area contributed by atoms with Gasteiger partial charge >= 0.3 is 0 Å². The van der Waals surface area contributed by atoms with E-state index in [2.05, 4.69) is 10.5 Å². The van der Waals surface area contributed by atoms with Gasteiger partial charge in [-0.2, -0.15) is 0 Å². The fourth-order valence-electron chi connectivity index (χ4n) is 3.03. The van der Waals surface area contributed by atoms with E-state index in [1.165, 1.54) is 0 Å². The minimum atomic E-state index is -2.49. The van der Waals surface area contributed by atoms with Gasteiger partial charge in [-0.25, -0.2) is 8.78 Å². The summed E-state index contributed by atoms with van der Waals surface area (Å²) >= 11 is 0. The number of nitrogens with one attached hydrogen (secondary N) is 1. The molecule has 1 fully saturated rings. The molecule has 1 saturated carbocycles. The van der Waals surface area contributed by atoms with Crippen molar-refractivity contribution in [3.8, 4) is 0 Å². The molecule has 2 aliphatic rings. The number of hydrogen-bond acceptors (Lipinski definition) is 3. The van der Waals surface area contributed by atoms with E-state index in [9.17, 15) is 13.6 Å². The Hall–Kier alpha value is -1.46. The van der Waals surface area contributed by atoms with Gasteiger partial charge in [0.1, 0.15) is 5.76 Å². The van der Waals surface area contributed by atoms with E-state index in [-0.39, 0.29) is 24.7 Å². The number of halogens is 2. The second kappa shape index (κ2) is 5.14. The van der Waals surface area contributed by atoms with Crippen LogP contribution in [0.25, 0.3) is 0 Å². The molecule has 0 radical (unpaired) electrons. The summed E-state index contributed by atoms with van der Waals surface area (Å²) in [5, 5.41) is 6.60. The van der Waals surface area contributed by atoms with E-state index >= 15 is 0 Å². The maximum atomic E-state index is 12.7. The molecule has 1 aromatic rings. The molecule has 1 aromatic heterocycles. The zero-order valence-corrected chi connectivity index (χ0v) is 11.3. The van der Waals surface area contributed by atoms with Crippen LogP contribution in [-0.2, 0) is 12.8 Å². The van der Waals surface area contributed by atoms with Gasteiger partial charge in [0.05, 0.1) is 0 Å². The Morgan fingerprint density at radius 1 is 1.35 bits per heavy atom. The third-order valence-electron chi connectivity index (χ3n) is 4.18. The third kappa shape index (κ3) is 2.69. The van der Waals surface area contributed by atoms with Crippen molar-refractivity contribution in [2.24, 2.45) is 5.92 Å². The highest BCUT2D eigenvalue weighted by atomic mass is 19.3. The summed E-state index contributed by atoms with van der Waals surface area (Å²) in [7, 11) is 0. The number of amides is 1. The van der Waals surface area contributed by atoms with Gasteiger partial charge in [-0.1, -0.05) is 5.16 Å². The predicted molar refractivity (Wildman–Crippen MR) is 67.8 cm³/mol. The number of aryl methyl sites for hydroxylation is 1. The van der Waals surface area contributed by atoms with Crippen molar-refractivity contribution < 1.29 is 18.1 Å². The van der Waals surface area contributed by atoms with Crippen molar-refractivity contribution in [3.63, 3.8) is 0 Å². The molecule has 20 heavy (non-hydrogen) atoms. The van der Waals surface area contributed by atoms with Gasteiger partial charge in [-0.3, -0.25) is 4.79 Å². The SMILES string of the molecule is O=C(NCCC1CC(F)(F)C1)c1noc2c1CCCC2. The monoisotopic (exact) mass is 284 g/mol. The van der Waals surface area contributed by atoms with Crippen molar-refractivity contribution in [2.75, 3.05) is 6.54 Å². The molecule has 2 aliphatic carbocycles. The number of aromatic nitrogens is 1. The first-order valence-electron chi connectivity index (χ1n) is 7.18. The molecular formula is C14H18F2N2O2. The number of nitrogens with zero attached hydrogens (tertiary/aromatic N) is 1. The Kier molecular flexibility index (Phi) is 3.48. The molecular weight excluding hydrogens is 266 g/mol. The van der Waals surface area contributed by atoms with Crippen LogP contribution in [-0.4, -0.2) is 23.5 Å². The van der Waals surface area contributed by atoms with Gasteiger partial charge in [0.2, 0.25) is 5.92 Å². The quantitative estimate of drug-likeness (QED) is 0.925. The summed E-state index contributed by atoms with van der Waals surface area (Å²) in [4.78, 5) is 12.0. The van der Waals surface area contributed by atoms with Crippen LogP contribution in [0.2, 0.25) is 0 Å². The molecule has 0 spiro atoms. The average Bonchev–Trinajstić information content (AvgIpc) is 2.80. The fourth-order valence-corrected chi connectivity index (χ4v) is 3.03. The van der Waals surface area contributed by atoms with E-state index < -0.39 is 5.92 Å². The first kappa shape index (κ1) is 13.5. The summed E-state index contributed by atoms with van der Waals surface area (Å²) in [5.41, 5.74) is 1.29. The molecule has 1 amide bonds. The Bertz CT molecular complexity index is 505. The molecule has 0 bridgehead atoms. The van der Waals surface area contributed by atoms with Gasteiger partial charge in [0, 0.05) is 31.4 Å². The van der Waals surface area contributed by atoms with Gasteiger partial charge in [0.25, 0.3) is 5.91 Å². The summed E-state index contributed by atoms with van der Waals surface area (Å²) in [6.45, 7) is 0.418. The van der Waals surface area contributed by atoms with Crippen LogP contribution in [0.4, 0.5) is 8.78 Å². The summed E-state index contributed by atoms with van der Waals surface area (Å²) in [5.74, 6) is -1.89. The minimum Gasteiger partial charge on any atom is -0.360 e. The first-order chi connectivity index (χ1) is 9.55. The summed E-state index contributed by atoms with van der Waals surface area (Å²) < 4.78 is 30.5. The van der Waals surface area contributed by atoms with E-state index in [1.54, 1.807) is 0 Å². The molecule has 3 rings (SSSR count). The number of fused-ring (bicyclic) bond motifs is 1. The van der Waals surface area contributed by atoms with Gasteiger partial charge in [-0.15, -0.1) is 0 Å². The summed E-state index contributed by atoms with van der Waals surface area (Å²) in [6, 6.07) is 0. The normalized spacial score (nSPS) is 21.1. The van der Waals surface area contributed by atoms with Crippen molar-refractivity contribution in [1.82, 2.24) is 10.5 Å².